The van der Waals surface area contributed by atoms with Gasteiger partial charge in [0, 0.05) is 25.7 Å². The predicted octanol–water partition coefficient (Wildman–Crippen LogP) is 3.98. The number of piperidine rings is 1. The molecule has 1 saturated carbocycles. The first-order chi connectivity index (χ1) is 12.6. The van der Waals surface area contributed by atoms with Gasteiger partial charge in [0.15, 0.2) is 0 Å². The number of amides is 1. The van der Waals surface area contributed by atoms with E-state index in [0.717, 1.165) is 32.5 Å². The zero-order chi connectivity index (χ0) is 18.6. The number of carbonyl (C=O) groups excluding carboxylic acids is 1. The molecule has 1 aliphatic heterocycles. The highest BCUT2D eigenvalue weighted by Crippen LogP contribution is 2.45. The summed E-state index contributed by atoms with van der Waals surface area (Å²) in [6.07, 6.45) is 9.37. The molecule has 26 heavy (non-hydrogen) atoms. The molecule has 1 aromatic carbocycles. The van der Waals surface area contributed by atoms with Crippen molar-refractivity contribution in [3.63, 3.8) is 0 Å². The number of methoxy groups -OCH3 is 1. The van der Waals surface area contributed by atoms with Gasteiger partial charge in [0.05, 0.1) is 12.7 Å². The minimum Gasteiger partial charge on any atom is -0.496 e. The first-order valence-electron chi connectivity index (χ1n) is 9.82. The lowest BCUT2D eigenvalue weighted by atomic mass is 9.66. The van der Waals surface area contributed by atoms with Crippen LogP contribution in [0, 0.1) is 5.41 Å². The van der Waals surface area contributed by atoms with Gasteiger partial charge in [0.2, 0.25) is 0 Å². The van der Waals surface area contributed by atoms with E-state index in [9.17, 15) is 4.79 Å². The van der Waals surface area contributed by atoms with E-state index in [0.29, 0.717) is 22.8 Å². The first-order valence-corrected chi connectivity index (χ1v) is 9.82. The maximum Gasteiger partial charge on any atom is 0.257 e. The van der Waals surface area contributed by atoms with Crippen LogP contribution in [0.25, 0.3) is 0 Å². The summed E-state index contributed by atoms with van der Waals surface area (Å²) in [7, 11) is 3.83. The van der Waals surface area contributed by atoms with Gasteiger partial charge in [-0.25, -0.2) is 0 Å². The number of likely N-dealkylation sites (tertiary alicyclic amines) is 1. The fraction of sp³-hybridized carbons (Fsp3) is 0.591. The minimum atomic E-state index is 0.108. The van der Waals surface area contributed by atoms with Crippen LogP contribution in [0.1, 0.15) is 48.9 Å². The van der Waals surface area contributed by atoms with E-state index >= 15 is 0 Å². The van der Waals surface area contributed by atoms with Gasteiger partial charge in [0.1, 0.15) is 5.75 Å². The Bertz CT molecular complexity index is 625. The lowest BCUT2D eigenvalue weighted by molar-refractivity contribution is 0.0339. The third kappa shape index (κ3) is 3.96. The van der Waals surface area contributed by atoms with Gasteiger partial charge in [0.25, 0.3) is 5.91 Å². The van der Waals surface area contributed by atoms with Crippen LogP contribution in [0.3, 0.4) is 0 Å². The average molecular weight is 357 g/mol. The molecule has 4 heteroatoms. The average Bonchev–Trinajstić information content (AvgIpc) is 2.69. The SMILES string of the molecule is C=CCN(C)C1CCC2(CC1)CCN(C(=O)c1ccccc1OC)CC2. The highest BCUT2D eigenvalue weighted by atomic mass is 16.5. The molecule has 1 aliphatic carbocycles. The van der Waals surface area contributed by atoms with Crippen molar-refractivity contribution in [2.75, 3.05) is 33.8 Å². The molecule has 0 atom stereocenters. The molecule has 2 fully saturated rings. The van der Waals surface area contributed by atoms with Crippen LogP contribution in [-0.2, 0) is 0 Å². The number of nitrogens with zero attached hydrogens (tertiary/aromatic N) is 2. The smallest absolute Gasteiger partial charge is 0.257 e. The van der Waals surface area contributed by atoms with E-state index in [2.05, 4.69) is 18.5 Å². The highest BCUT2D eigenvalue weighted by molar-refractivity contribution is 5.97. The van der Waals surface area contributed by atoms with Crippen LogP contribution in [0.5, 0.6) is 5.75 Å². The first kappa shape index (κ1) is 19.0. The lowest BCUT2D eigenvalue weighted by Crippen LogP contribution is -2.46. The topological polar surface area (TPSA) is 32.8 Å². The Hall–Kier alpha value is -1.81. The summed E-state index contributed by atoms with van der Waals surface area (Å²) in [6, 6.07) is 8.23. The van der Waals surface area contributed by atoms with Crippen LogP contribution in [-0.4, -0.2) is 55.5 Å². The van der Waals surface area contributed by atoms with Gasteiger partial charge in [-0.05, 0) is 63.1 Å². The molecule has 1 saturated heterocycles. The molecule has 1 heterocycles. The van der Waals surface area contributed by atoms with Gasteiger partial charge in [-0.1, -0.05) is 18.2 Å². The van der Waals surface area contributed by atoms with Crippen LogP contribution < -0.4 is 4.74 Å². The lowest BCUT2D eigenvalue weighted by Gasteiger charge is -2.47. The van der Waals surface area contributed by atoms with Crippen LogP contribution in [0.4, 0.5) is 0 Å². The zero-order valence-corrected chi connectivity index (χ0v) is 16.2. The van der Waals surface area contributed by atoms with Gasteiger partial charge in [-0.3, -0.25) is 9.69 Å². The molecular weight excluding hydrogens is 324 g/mol. The summed E-state index contributed by atoms with van der Waals surface area (Å²) in [5.41, 5.74) is 1.13. The molecule has 2 aliphatic rings. The van der Waals surface area contributed by atoms with Gasteiger partial charge in [-0.2, -0.15) is 0 Å². The maximum absolute atomic E-state index is 12.9. The van der Waals surface area contributed by atoms with Crippen molar-refractivity contribution in [1.29, 1.82) is 0 Å². The van der Waals surface area contributed by atoms with Crippen molar-refractivity contribution >= 4 is 5.91 Å². The van der Waals surface area contributed by atoms with E-state index in [1.165, 1.54) is 25.7 Å². The summed E-state index contributed by atoms with van der Waals surface area (Å²) in [5, 5.41) is 0. The molecule has 1 aromatic rings. The molecule has 3 rings (SSSR count). The standard InChI is InChI=1S/C22H32N2O2/c1-4-15-23(2)18-9-11-22(12-10-18)13-16-24(17-14-22)21(25)19-7-5-6-8-20(19)26-3/h4-8,18H,1,9-17H2,2-3H3. The van der Waals surface area contributed by atoms with Crippen LogP contribution >= 0.6 is 0 Å². The molecule has 1 amide bonds. The van der Waals surface area contributed by atoms with Gasteiger partial charge >= 0.3 is 0 Å². The Kier molecular flexibility index (Phi) is 6.02. The minimum absolute atomic E-state index is 0.108. The molecular formula is C22H32N2O2. The summed E-state index contributed by atoms with van der Waals surface area (Å²) < 4.78 is 5.36. The summed E-state index contributed by atoms with van der Waals surface area (Å²) >= 11 is 0. The number of likely N-dealkylation sites (N-methyl/N-ethyl adjacent to an activating group) is 1. The Morgan fingerprint density at radius 2 is 1.92 bits per heavy atom. The molecule has 0 N–H and O–H groups in total. The number of para-hydroxylation sites is 1. The Morgan fingerprint density at radius 1 is 1.27 bits per heavy atom. The number of benzene rings is 1. The van der Waals surface area contributed by atoms with Crippen molar-refractivity contribution in [3.05, 3.63) is 42.5 Å². The maximum atomic E-state index is 12.9. The fourth-order valence-corrected chi connectivity index (χ4v) is 4.68. The molecule has 142 valence electrons. The van der Waals surface area contributed by atoms with Crippen molar-refractivity contribution < 1.29 is 9.53 Å². The summed E-state index contributed by atoms with van der Waals surface area (Å²) in [5.74, 6) is 0.778. The summed E-state index contributed by atoms with van der Waals surface area (Å²) in [6.45, 7) is 6.55. The summed E-state index contributed by atoms with van der Waals surface area (Å²) in [4.78, 5) is 17.3. The quantitative estimate of drug-likeness (QED) is 0.748. The van der Waals surface area contributed by atoms with E-state index in [1.807, 2.05) is 35.2 Å². The second-order valence-corrected chi connectivity index (χ2v) is 7.95. The van der Waals surface area contributed by atoms with E-state index in [-0.39, 0.29) is 5.91 Å². The second-order valence-electron chi connectivity index (χ2n) is 7.95. The second kappa shape index (κ2) is 8.26. The van der Waals surface area contributed by atoms with Crippen LogP contribution in [0.2, 0.25) is 0 Å². The van der Waals surface area contributed by atoms with E-state index < -0.39 is 0 Å². The molecule has 0 unspecified atom stereocenters. The van der Waals surface area contributed by atoms with Gasteiger partial charge < -0.3 is 9.64 Å². The molecule has 0 bridgehead atoms. The molecule has 0 aromatic heterocycles. The van der Waals surface area contributed by atoms with E-state index in [4.69, 9.17) is 4.74 Å². The number of hydrogen-bond donors (Lipinski definition) is 0. The highest BCUT2D eigenvalue weighted by Gasteiger charge is 2.39. The molecule has 0 radical (unpaired) electrons. The normalized spacial score (nSPS) is 20.3. The van der Waals surface area contributed by atoms with Crippen molar-refractivity contribution in [3.8, 4) is 5.75 Å². The van der Waals surface area contributed by atoms with E-state index in [1.54, 1.807) is 7.11 Å². The third-order valence-corrected chi connectivity index (χ3v) is 6.50. The fourth-order valence-electron chi connectivity index (χ4n) is 4.68. The van der Waals surface area contributed by atoms with Crippen molar-refractivity contribution in [2.24, 2.45) is 5.41 Å². The Balaban J connectivity index is 1.56. The van der Waals surface area contributed by atoms with Crippen molar-refractivity contribution in [2.45, 2.75) is 44.6 Å². The Labute approximate surface area is 157 Å². The molecule has 1 spiro atoms. The number of carbonyl (C=O) groups is 1. The third-order valence-electron chi connectivity index (χ3n) is 6.50. The number of rotatable bonds is 5. The largest absolute Gasteiger partial charge is 0.496 e. The number of hydrogen-bond acceptors (Lipinski definition) is 3. The number of ether oxygens (including phenoxy) is 1. The zero-order valence-electron chi connectivity index (χ0n) is 16.2. The van der Waals surface area contributed by atoms with Crippen LogP contribution in [0.15, 0.2) is 36.9 Å². The Morgan fingerprint density at radius 3 is 2.54 bits per heavy atom. The predicted molar refractivity (Wildman–Crippen MR) is 106 cm³/mol. The van der Waals surface area contributed by atoms with Gasteiger partial charge in [-0.15, -0.1) is 6.58 Å². The monoisotopic (exact) mass is 356 g/mol. The van der Waals surface area contributed by atoms with Crippen molar-refractivity contribution in [1.82, 2.24) is 9.80 Å². The molecule has 4 nitrogen and oxygen atoms in total.